The van der Waals surface area contributed by atoms with Crippen LogP contribution in [-0.2, 0) is 9.59 Å². The number of anilines is 3. The van der Waals surface area contributed by atoms with Crippen molar-refractivity contribution >= 4 is 29.1 Å². The van der Waals surface area contributed by atoms with Crippen LogP contribution in [0.2, 0.25) is 0 Å². The monoisotopic (exact) mass is 369 g/mol. The normalized spacial score (nSPS) is 19.6. The summed E-state index contributed by atoms with van der Waals surface area (Å²) in [6.07, 6.45) is 3.78. The van der Waals surface area contributed by atoms with Crippen LogP contribution in [0, 0.1) is 11.7 Å². The number of benzene rings is 1. The molecule has 0 aliphatic carbocycles. The molecule has 3 heterocycles. The average molecular weight is 369 g/mol. The molecular weight excluding hydrogens is 349 g/mol. The summed E-state index contributed by atoms with van der Waals surface area (Å²) >= 11 is 0. The number of carbonyl (C=O) groups is 2. The van der Waals surface area contributed by atoms with Gasteiger partial charge in [0.25, 0.3) is 0 Å². The second-order valence-corrected chi connectivity index (χ2v) is 6.83. The first-order valence-electron chi connectivity index (χ1n) is 9.04. The molecule has 2 aliphatic rings. The van der Waals surface area contributed by atoms with Gasteiger partial charge in [0.15, 0.2) is 0 Å². The standard InChI is InChI=1S/C19H20FN5O2/c20-14-4-3-5-15(9-14)25-11-13(8-18(25)26)19(27)23-16-10-17(22-12-21-16)24-6-1-2-7-24/h3-5,9-10,12-13H,1-2,6-8,11H2,(H,21,22,23,27). The molecule has 0 spiro atoms. The molecule has 1 atom stereocenters. The van der Waals surface area contributed by atoms with Gasteiger partial charge >= 0.3 is 0 Å². The molecule has 2 fully saturated rings. The Balaban J connectivity index is 1.43. The first-order chi connectivity index (χ1) is 13.1. The van der Waals surface area contributed by atoms with E-state index < -0.39 is 11.7 Å². The summed E-state index contributed by atoms with van der Waals surface area (Å²) in [6, 6.07) is 7.58. The molecule has 0 saturated carbocycles. The molecule has 7 nitrogen and oxygen atoms in total. The first-order valence-corrected chi connectivity index (χ1v) is 9.04. The first kappa shape index (κ1) is 17.4. The van der Waals surface area contributed by atoms with Gasteiger partial charge in [0, 0.05) is 37.8 Å². The fraction of sp³-hybridized carbons (Fsp3) is 0.368. The third-order valence-corrected chi connectivity index (χ3v) is 4.95. The van der Waals surface area contributed by atoms with Gasteiger partial charge in [-0.25, -0.2) is 14.4 Å². The summed E-state index contributed by atoms with van der Waals surface area (Å²) < 4.78 is 13.4. The van der Waals surface area contributed by atoms with E-state index in [9.17, 15) is 14.0 Å². The molecule has 140 valence electrons. The summed E-state index contributed by atoms with van der Waals surface area (Å²) in [4.78, 5) is 36.8. The van der Waals surface area contributed by atoms with Crippen LogP contribution in [0.5, 0.6) is 0 Å². The number of nitrogens with one attached hydrogen (secondary N) is 1. The molecule has 4 rings (SSSR count). The van der Waals surface area contributed by atoms with Gasteiger partial charge in [-0.05, 0) is 31.0 Å². The lowest BCUT2D eigenvalue weighted by Gasteiger charge is -2.18. The summed E-state index contributed by atoms with van der Waals surface area (Å²) in [6.45, 7) is 2.12. The van der Waals surface area contributed by atoms with E-state index in [0.717, 1.165) is 31.7 Å². The Labute approximate surface area is 156 Å². The van der Waals surface area contributed by atoms with Gasteiger partial charge in [-0.2, -0.15) is 0 Å². The predicted molar refractivity (Wildman–Crippen MR) is 99.0 cm³/mol. The van der Waals surface area contributed by atoms with Gasteiger partial charge in [-0.1, -0.05) is 6.07 Å². The van der Waals surface area contributed by atoms with Crippen molar-refractivity contribution in [3.63, 3.8) is 0 Å². The van der Waals surface area contributed by atoms with Crippen molar-refractivity contribution in [2.45, 2.75) is 19.3 Å². The lowest BCUT2D eigenvalue weighted by molar-refractivity contribution is -0.122. The highest BCUT2D eigenvalue weighted by atomic mass is 19.1. The van der Waals surface area contributed by atoms with Gasteiger partial charge in [0.05, 0.1) is 5.92 Å². The number of rotatable bonds is 4. The minimum absolute atomic E-state index is 0.0897. The Bertz CT molecular complexity index is 869. The lowest BCUT2D eigenvalue weighted by atomic mass is 10.1. The van der Waals surface area contributed by atoms with Crippen LogP contribution in [0.15, 0.2) is 36.7 Å². The molecule has 2 saturated heterocycles. The lowest BCUT2D eigenvalue weighted by Crippen LogP contribution is -2.28. The number of aromatic nitrogens is 2. The van der Waals surface area contributed by atoms with Crippen LogP contribution in [0.4, 0.5) is 21.7 Å². The highest BCUT2D eigenvalue weighted by molar-refractivity contribution is 6.03. The third kappa shape index (κ3) is 3.74. The van der Waals surface area contributed by atoms with Crippen molar-refractivity contribution in [2.24, 2.45) is 5.92 Å². The van der Waals surface area contributed by atoms with Crippen molar-refractivity contribution < 1.29 is 14.0 Å². The average Bonchev–Trinajstić information content (AvgIpc) is 3.32. The summed E-state index contributed by atoms with van der Waals surface area (Å²) in [5, 5.41) is 2.78. The largest absolute Gasteiger partial charge is 0.356 e. The topological polar surface area (TPSA) is 78.4 Å². The fourth-order valence-corrected chi connectivity index (χ4v) is 3.54. The Morgan fingerprint density at radius 1 is 1.19 bits per heavy atom. The highest BCUT2D eigenvalue weighted by Gasteiger charge is 2.35. The second-order valence-electron chi connectivity index (χ2n) is 6.83. The van der Waals surface area contributed by atoms with Crippen molar-refractivity contribution in [2.75, 3.05) is 34.8 Å². The van der Waals surface area contributed by atoms with Gasteiger partial charge in [0.1, 0.15) is 23.8 Å². The maximum atomic E-state index is 13.4. The van der Waals surface area contributed by atoms with Gasteiger partial charge in [-0.3, -0.25) is 9.59 Å². The minimum Gasteiger partial charge on any atom is -0.356 e. The van der Waals surface area contributed by atoms with E-state index in [-0.39, 0.29) is 24.8 Å². The van der Waals surface area contributed by atoms with Crippen LogP contribution < -0.4 is 15.1 Å². The molecular formula is C19H20FN5O2. The van der Waals surface area contributed by atoms with Crippen molar-refractivity contribution in [3.05, 3.63) is 42.5 Å². The molecule has 27 heavy (non-hydrogen) atoms. The Hall–Kier alpha value is -3.03. The molecule has 2 aromatic rings. The molecule has 1 N–H and O–H groups in total. The van der Waals surface area contributed by atoms with Gasteiger partial charge in [-0.15, -0.1) is 0 Å². The van der Waals surface area contributed by atoms with Crippen molar-refractivity contribution in [1.29, 1.82) is 0 Å². The zero-order valence-corrected chi connectivity index (χ0v) is 14.8. The third-order valence-electron chi connectivity index (χ3n) is 4.95. The summed E-state index contributed by atoms with van der Waals surface area (Å²) in [5.74, 6) is -0.167. The van der Waals surface area contributed by atoms with Crippen molar-refractivity contribution in [3.8, 4) is 0 Å². The zero-order valence-electron chi connectivity index (χ0n) is 14.8. The second kappa shape index (κ2) is 7.30. The van der Waals surface area contributed by atoms with Crippen LogP contribution in [0.25, 0.3) is 0 Å². The number of hydrogen-bond acceptors (Lipinski definition) is 5. The summed E-state index contributed by atoms with van der Waals surface area (Å²) in [7, 11) is 0. The van der Waals surface area contributed by atoms with Crippen LogP contribution in [0.3, 0.4) is 0 Å². The molecule has 1 unspecified atom stereocenters. The molecule has 2 aliphatic heterocycles. The number of nitrogens with zero attached hydrogens (tertiary/aromatic N) is 4. The predicted octanol–water partition coefficient (Wildman–Crippen LogP) is 2.21. The SMILES string of the molecule is O=C(Nc1cc(N2CCCC2)ncn1)C1CC(=O)N(c2cccc(F)c2)C1. The quantitative estimate of drug-likeness (QED) is 0.894. The Kier molecular flexibility index (Phi) is 4.70. The molecule has 1 aromatic carbocycles. The number of halogens is 1. The minimum atomic E-state index is -0.508. The van der Waals surface area contributed by atoms with E-state index in [1.165, 1.54) is 23.4 Å². The molecule has 0 radical (unpaired) electrons. The molecule has 8 heteroatoms. The Morgan fingerprint density at radius 3 is 2.78 bits per heavy atom. The molecule has 1 aromatic heterocycles. The van der Waals surface area contributed by atoms with Gasteiger partial charge < -0.3 is 15.1 Å². The fourth-order valence-electron chi connectivity index (χ4n) is 3.54. The number of hydrogen-bond donors (Lipinski definition) is 1. The Morgan fingerprint density at radius 2 is 2.00 bits per heavy atom. The van der Waals surface area contributed by atoms with Crippen LogP contribution >= 0.6 is 0 Å². The maximum Gasteiger partial charge on any atom is 0.230 e. The van der Waals surface area contributed by atoms with E-state index in [1.807, 2.05) is 0 Å². The van der Waals surface area contributed by atoms with E-state index in [2.05, 4.69) is 20.2 Å². The van der Waals surface area contributed by atoms with Crippen molar-refractivity contribution in [1.82, 2.24) is 9.97 Å². The molecule has 0 bridgehead atoms. The maximum absolute atomic E-state index is 13.4. The highest BCUT2D eigenvalue weighted by Crippen LogP contribution is 2.27. The number of amides is 2. The van der Waals surface area contributed by atoms with E-state index in [1.54, 1.807) is 18.2 Å². The van der Waals surface area contributed by atoms with Gasteiger partial charge in [0.2, 0.25) is 11.8 Å². The summed E-state index contributed by atoms with van der Waals surface area (Å²) in [5.41, 5.74) is 0.466. The van der Waals surface area contributed by atoms with E-state index in [4.69, 9.17) is 0 Å². The van der Waals surface area contributed by atoms with E-state index >= 15 is 0 Å². The zero-order chi connectivity index (χ0) is 18.8. The smallest absolute Gasteiger partial charge is 0.230 e. The van der Waals surface area contributed by atoms with E-state index in [0.29, 0.717) is 11.5 Å². The van der Waals surface area contributed by atoms with Crippen LogP contribution in [-0.4, -0.2) is 41.4 Å². The number of carbonyl (C=O) groups excluding carboxylic acids is 2. The molecule has 2 amide bonds. The van der Waals surface area contributed by atoms with Crippen LogP contribution in [0.1, 0.15) is 19.3 Å².